The number of nitrogens with zero attached hydrogens (tertiary/aromatic N) is 3. The zero-order valence-electron chi connectivity index (χ0n) is 10.3. The van der Waals surface area contributed by atoms with Crippen molar-refractivity contribution in [3.8, 4) is 10.6 Å². The van der Waals surface area contributed by atoms with E-state index in [0.29, 0.717) is 6.04 Å². The van der Waals surface area contributed by atoms with Crippen molar-refractivity contribution < 1.29 is 0 Å². The molecular weight excluding hydrogens is 244 g/mol. The van der Waals surface area contributed by atoms with Crippen molar-refractivity contribution >= 4 is 17.2 Å². The number of rotatable bonds is 2. The lowest BCUT2D eigenvalue weighted by Crippen LogP contribution is -2.50. The summed E-state index contributed by atoms with van der Waals surface area (Å²) in [6.45, 7) is 5.25. The van der Waals surface area contributed by atoms with Gasteiger partial charge in [0.15, 0.2) is 0 Å². The van der Waals surface area contributed by atoms with Crippen LogP contribution in [-0.2, 0) is 0 Å². The van der Waals surface area contributed by atoms with E-state index in [1.165, 1.54) is 4.88 Å². The van der Waals surface area contributed by atoms with Crippen LogP contribution in [0.15, 0.2) is 29.9 Å². The molecule has 1 atom stereocenters. The van der Waals surface area contributed by atoms with Gasteiger partial charge in [-0.05, 0) is 18.4 Å². The fourth-order valence-corrected chi connectivity index (χ4v) is 2.94. The first-order valence-electron chi connectivity index (χ1n) is 6.18. The molecular formula is C13H16N4S. The Bertz CT molecular complexity index is 511. The summed E-state index contributed by atoms with van der Waals surface area (Å²) in [5.41, 5.74) is 1.01. The van der Waals surface area contributed by atoms with Crippen LogP contribution < -0.4 is 10.2 Å². The second kappa shape index (κ2) is 5.04. The highest BCUT2D eigenvalue weighted by atomic mass is 32.1. The Kier molecular flexibility index (Phi) is 3.25. The smallest absolute Gasteiger partial charge is 0.132 e. The molecule has 1 fully saturated rings. The van der Waals surface area contributed by atoms with Crippen LogP contribution >= 0.6 is 11.3 Å². The van der Waals surface area contributed by atoms with Crippen LogP contribution in [0.25, 0.3) is 10.6 Å². The molecule has 1 aliphatic rings. The van der Waals surface area contributed by atoms with Crippen LogP contribution in [-0.4, -0.2) is 35.6 Å². The minimum Gasteiger partial charge on any atom is -0.351 e. The molecule has 0 aliphatic carbocycles. The lowest BCUT2D eigenvalue weighted by Gasteiger charge is -2.34. The average Bonchev–Trinajstić information content (AvgIpc) is 2.93. The minimum atomic E-state index is 0.477. The standard InChI is InChI=1S/C13H16N4S/c1-10-8-14-4-5-17(10)13-7-11(15-9-16-13)12-3-2-6-18-12/h2-3,6-7,9-10,14H,4-5,8H2,1H3/t10-/m0/s1. The van der Waals surface area contributed by atoms with Gasteiger partial charge in [-0.3, -0.25) is 0 Å². The number of hydrogen-bond acceptors (Lipinski definition) is 5. The maximum absolute atomic E-state index is 4.42. The Balaban J connectivity index is 1.91. The first-order chi connectivity index (χ1) is 8.84. The maximum Gasteiger partial charge on any atom is 0.132 e. The second-order valence-electron chi connectivity index (χ2n) is 4.49. The summed E-state index contributed by atoms with van der Waals surface area (Å²) >= 11 is 1.71. The van der Waals surface area contributed by atoms with Crippen LogP contribution in [0.4, 0.5) is 5.82 Å². The van der Waals surface area contributed by atoms with E-state index in [2.05, 4.69) is 50.7 Å². The van der Waals surface area contributed by atoms with Gasteiger partial charge in [-0.1, -0.05) is 6.07 Å². The summed E-state index contributed by atoms with van der Waals surface area (Å²) in [6, 6.07) is 6.71. The summed E-state index contributed by atoms with van der Waals surface area (Å²) in [5.74, 6) is 1.03. The van der Waals surface area contributed by atoms with Crippen molar-refractivity contribution in [3.63, 3.8) is 0 Å². The number of piperazine rings is 1. The maximum atomic E-state index is 4.42. The molecule has 0 spiro atoms. The van der Waals surface area contributed by atoms with E-state index in [1.54, 1.807) is 17.7 Å². The Labute approximate surface area is 111 Å². The molecule has 0 bridgehead atoms. The summed E-state index contributed by atoms with van der Waals surface area (Å²) < 4.78 is 0. The molecule has 1 saturated heterocycles. The van der Waals surface area contributed by atoms with Gasteiger partial charge < -0.3 is 10.2 Å². The molecule has 2 aromatic rings. The summed E-state index contributed by atoms with van der Waals surface area (Å²) in [7, 11) is 0. The van der Waals surface area contributed by atoms with Gasteiger partial charge in [0, 0.05) is 31.7 Å². The van der Waals surface area contributed by atoms with Gasteiger partial charge in [0.2, 0.25) is 0 Å². The Hall–Kier alpha value is -1.46. The van der Waals surface area contributed by atoms with Crippen molar-refractivity contribution in [2.45, 2.75) is 13.0 Å². The predicted octanol–water partition coefficient (Wildman–Crippen LogP) is 2.00. The lowest BCUT2D eigenvalue weighted by molar-refractivity contribution is 0.497. The number of thiophene rings is 1. The quantitative estimate of drug-likeness (QED) is 0.896. The molecule has 5 heteroatoms. The van der Waals surface area contributed by atoms with E-state index < -0.39 is 0 Å². The number of aromatic nitrogens is 2. The normalized spacial score (nSPS) is 20.1. The Morgan fingerprint density at radius 2 is 2.39 bits per heavy atom. The third-order valence-electron chi connectivity index (χ3n) is 3.22. The fraction of sp³-hybridized carbons (Fsp3) is 0.385. The largest absolute Gasteiger partial charge is 0.351 e. The molecule has 0 unspecified atom stereocenters. The fourth-order valence-electron chi connectivity index (χ4n) is 2.24. The topological polar surface area (TPSA) is 41.0 Å². The van der Waals surface area contributed by atoms with E-state index >= 15 is 0 Å². The van der Waals surface area contributed by atoms with Gasteiger partial charge in [-0.15, -0.1) is 11.3 Å². The molecule has 0 saturated carbocycles. The molecule has 4 nitrogen and oxygen atoms in total. The summed E-state index contributed by atoms with van der Waals surface area (Å²) in [5, 5.41) is 5.47. The molecule has 1 N–H and O–H groups in total. The highest BCUT2D eigenvalue weighted by Gasteiger charge is 2.19. The third-order valence-corrected chi connectivity index (χ3v) is 4.11. The lowest BCUT2D eigenvalue weighted by atomic mass is 10.2. The molecule has 3 heterocycles. The van der Waals surface area contributed by atoms with E-state index in [1.807, 2.05) is 0 Å². The molecule has 0 radical (unpaired) electrons. The summed E-state index contributed by atoms with van der Waals surface area (Å²) in [6.07, 6.45) is 1.67. The Morgan fingerprint density at radius 3 is 3.17 bits per heavy atom. The van der Waals surface area contributed by atoms with E-state index in [-0.39, 0.29) is 0 Å². The molecule has 3 rings (SSSR count). The van der Waals surface area contributed by atoms with Crippen molar-refractivity contribution in [2.75, 3.05) is 24.5 Å². The molecule has 18 heavy (non-hydrogen) atoms. The van der Waals surface area contributed by atoms with Gasteiger partial charge in [0.05, 0.1) is 10.6 Å². The highest BCUT2D eigenvalue weighted by molar-refractivity contribution is 7.13. The molecule has 2 aromatic heterocycles. The van der Waals surface area contributed by atoms with Gasteiger partial charge in [-0.25, -0.2) is 9.97 Å². The molecule has 1 aliphatic heterocycles. The molecule has 0 amide bonds. The van der Waals surface area contributed by atoms with Crippen LogP contribution in [0, 0.1) is 0 Å². The van der Waals surface area contributed by atoms with Crippen molar-refractivity contribution in [3.05, 3.63) is 29.9 Å². The van der Waals surface area contributed by atoms with Crippen LogP contribution in [0.1, 0.15) is 6.92 Å². The average molecular weight is 260 g/mol. The van der Waals surface area contributed by atoms with Gasteiger partial charge >= 0.3 is 0 Å². The number of hydrogen-bond donors (Lipinski definition) is 1. The predicted molar refractivity (Wildman–Crippen MR) is 75.0 cm³/mol. The van der Waals surface area contributed by atoms with E-state index in [0.717, 1.165) is 31.1 Å². The zero-order chi connectivity index (χ0) is 12.4. The van der Waals surface area contributed by atoms with E-state index in [4.69, 9.17) is 0 Å². The van der Waals surface area contributed by atoms with Crippen LogP contribution in [0.5, 0.6) is 0 Å². The third kappa shape index (κ3) is 2.23. The summed E-state index contributed by atoms with van der Waals surface area (Å²) in [4.78, 5) is 12.3. The van der Waals surface area contributed by atoms with Crippen LogP contribution in [0.3, 0.4) is 0 Å². The second-order valence-corrected chi connectivity index (χ2v) is 5.43. The highest BCUT2D eigenvalue weighted by Crippen LogP contribution is 2.25. The Morgan fingerprint density at radius 1 is 1.44 bits per heavy atom. The molecule has 94 valence electrons. The number of nitrogens with one attached hydrogen (secondary N) is 1. The van der Waals surface area contributed by atoms with E-state index in [9.17, 15) is 0 Å². The first-order valence-corrected chi connectivity index (χ1v) is 7.06. The molecule has 0 aromatic carbocycles. The van der Waals surface area contributed by atoms with Crippen molar-refractivity contribution in [1.82, 2.24) is 15.3 Å². The first kappa shape index (κ1) is 11.6. The van der Waals surface area contributed by atoms with Crippen molar-refractivity contribution in [2.24, 2.45) is 0 Å². The van der Waals surface area contributed by atoms with Crippen molar-refractivity contribution in [1.29, 1.82) is 0 Å². The zero-order valence-corrected chi connectivity index (χ0v) is 11.2. The number of anilines is 1. The minimum absolute atomic E-state index is 0.477. The van der Waals surface area contributed by atoms with Crippen LogP contribution in [0.2, 0.25) is 0 Å². The van der Waals surface area contributed by atoms with Gasteiger partial charge in [-0.2, -0.15) is 0 Å². The monoisotopic (exact) mass is 260 g/mol. The SMILES string of the molecule is C[C@H]1CNCCN1c1cc(-c2cccs2)ncn1. The van der Waals surface area contributed by atoms with Gasteiger partial charge in [0.1, 0.15) is 12.1 Å². The van der Waals surface area contributed by atoms with Gasteiger partial charge in [0.25, 0.3) is 0 Å².